The van der Waals surface area contributed by atoms with Crippen molar-refractivity contribution in [2.24, 2.45) is 7.05 Å². The highest BCUT2D eigenvalue weighted by molar-refractivity contribution is 5.81. The number of nitrogens with zero attached hydrogens (tertiary/aromatic N) is 4. The second-order valence-electron chi connectivity index (χ2n) is 6.36. The number of carbonyl (C=O) groups is 2. The van der Waals surface area contributed by atoms with Gasteiger partial charge in [-0.1, -0.05) is 24.3 Å². The van der Waals surface area contributed by atoms with Gasteiger partial charge in [-0.2, -0.15) is 5.10 Å². The largest absolute Gasteiger partial charge is 0.341 e. The summed E-state index contributed by atoms with van der Waals surface area (Å²) in [6.07, 6.45) is 7.58. The van der Waals surface area contributed by atoms with Gasteiger partial charge in [0.25, 0.3) is 0 Å². The average Bonchev–Trinajstić information content (AvgIpc) is 2.99. The number of aromatic nitrogens is 2. The highest BCUT2D eigenvalue weighted by atomic mass is 16.2. The lowest BCUT2D eigenvalue weighted by molar-refractivity contribution is -0.134. The molecule has 25 heavy (non-hydrogen) atoms. The maximum Gasteiger partial charge on any atom is 0.225 e. The van der Waals surface area contributed by atoms with E-state index in [1.165, 1.54) is 6.92 Å². The van der Waals surface area contributed by atoms with Crippen molar-refractivity contribution in [3.63, 3.8) is 0 Å². The Hall–Kier alpha value is -2.89. The maximum absolute atomic E-state index is 12.7. The zero-order valence-electron chi connectivity index (χ0n) is 14.7. The van der Waals surface area contributed by atoms with Crippen LogP contribution in [0.15, 0.2) is 42.9 Å². The fraction of sp³-hybridized carbons (Fsp3) is 0.316. The van der Waals surface area contributed by atoms with Crippen LogP contribution in [-0.2, 0) is 23.2 Å². The minimum Gasteiger partial charge on any atom is -0.341 e. The van der Waals surface area contributed by atoms with E-state index in [0.29, 0.717) is 6.54 Å². The number of carbonyl (C=O) groups excluding carboxylic acids is 2. The number of benzene rings is 1. The second-order valence-corrected chi connectivity index (χ2v) is 6.36. The summed E-state index contributed by atoms with van der Waals surface area (Å²) in [7, 11) is 3.62. The molecule has 1 aromatic carbocycles. The Bertz CT molecular complexity index is 824. The molecule has 1 atom stereocenters. The second kappa shape index (κ2) is 6.93. The summed E-state index contributed by atoms with van der Waals surface area (Å²) in [6, 6.07) is 7.60. The SMILES string of the molecule is CC(=O)N1C=Cc2ccccc2C1CC(=O)N(C)Cc1cnn(C)c1. The maximum atomic E-state index is 12.7. The first-order chi connectivity index (χ1) is 12.0. The molecule has 1 aliphatic heterocycles. The van der Waals surface area contributed by atoms with E-state index in [-0.39, 0.29) is 24.3 Å². The topological polar surface area (TPSA) is 58.4 Å². The Kier molecular flexibility index (Phi) is 4.70. The van der Waals surface area contributed by atoms with Crippen molar-refractivity contribution in [3.05, 3.63) is 59.5 Å². The zero-order valence-corrected chi connectivity index (χ0v) is 14.7. The van der Waals surface area contributed by atoms with Crippen molar-refractivity contribution in [2.75, 3.05) is 7.05 Å². The van der Waals surface area contributed by atoms with E-state index >= 15 is 0 Å². The van der Waals surface area contributed by atoms with E-state index < -0.39 is 0 Å². The van der Waals surface area contributed by atoms with Crippen molar-refractivity contribution >= 4 is 17.9 Å². The van der Waals surface area contributed by atoms with E-state index in [2.05, 4.69) is 5.10 Å². The molecule has 1 aromatic heterocycles. The standard InChI is InChI=1S/C19H22N4O2/c1-14(24)23-9-8-16-6-4-5-7-17(16)18(23)10-19(25)21(2)12-15-11-20-22(3)13-15/h4-9,11,13,18H,10,12H2,1-3H3. The van der Waals surface area contributed by atoms with E-state index in [1.807, 2.05) is 43.6 Å². The minimum atomic E-state index is -0.275. The molecule has 0 N–H and O–H groups in total. The van der Waals surface area contributed by atoms with Crippen LogP contribution in [0.5, 0.6) is 0 Å². The van der Waals surface area contributed by atoms with Crippen molar-refractivity contribution in [1.82, 2.24) is 19.6 Å². The minimum absolute atomic E-state index is 0.00907. The van der Waals surface area contributed by atoms with Crippen LogP contribution in [0.2, 0.25) is 0 Å². The molecule has 2 aromatic rings. The molecule has 6 nitrogen and oxygen atoms in total. The summed E-state index contributed by atoms with van der Waals surface area (Å²) >= 11 is 0. The molecule has 3 rings (SSSR count). The van der Waals surface area contributed by atoms with E-state index in [9.17, 15) is 9.59 Å². The smallest absolute Gasteiger partial charge is 0.225 e. The molecule has 0 saturated carbocycles. The molecule has 130 valence electrons. The molecule has 2 amide bonds. The van der Waals surface area contributed by atoms with Crippen LogP contribution in [0, 0.1) is 0 Å². The normalized spacial score (nSPS) is 15.8. The molecule has 0 saturated heterocycles. The van der Waals surface area contributed by atoms with Crippen LogP contribution in [0.3, 0.4) is 0 Å². The Balaban J connectivity index is 1.77. The molecule has 6 heteroatoms. The lowest BCUT2D eigenvalue weighted by atomic mass is 9.93. The van der Waals surface area contributed by atoms with Gasteiger partial charge in [0.2, 0.25) is 11.8 Å². The monoisotopic (exact) mass is 338 g/mol. The van der Waals surface area contributed by atoms with Crippen LogP contribution in [0.25, 0.3) is 6.08 Å². The lowest BCUT2D eigenvalue weighted by Gasteiger charge is -2.33. The van der Waals surface area contributed by atoms with Gasteiger partial charge in [-0.3, -0.25) is 14.3 Å². The summed E-state index contributed by atoms with van der Waals surface area (Å²) in [5, 5.41) is 4.13. The average molecular weight is 338 g/mol. The molecular formula is C19H22N4O2. The number of aryl methyl sites for hydroxylation is 1. The molecule has 0 bridgehead atoms. The van der Waals surface area contributed by atoms with Gasteiger partial charge in [-0.25, -0.2) is 0 Å². The van der Waals surface area contributed by atoms with Gasteiger partial charge in [-0.05, 0) is 17.2 Å². The zero-order chi connectivity index (χ0) is 18.0. The fourth-order valence-electron chi connectivity index (χ4n) is 3.15. The molecule has 0 aliphatic carbocycles. The summed E-state index contributed by atoms with van der Waals surface area (Å²) in [5.41, 5.74) is 3.03. The predicted octanol–water partition coefficient (Wildman–Crippen LogP) is 2.34. The summed E-state index contributed by atoms with van der Waals surface area (Å²) < 4.78 is 1.72. The third-order valence-corrected chi connectivity index (χ3v) is 4.44. The lowest BCUT2D eigenvalue weighted by Crippen LogP contribution is -2.35. The molecule has 0 spiro atoms. The third kappa shape index (κ3) is 3.63. The van der Waals surface area contributed by atoms with Crippen LogP contribution in [0.1, 0.15) is 36.1 Å². The number of amides is 2. The molecule has 1 aliphatic rings. The van der Waals surface area contributed by atoms with Crippen LogP contribution >= 0.6 is 0 Å². The summed E-state index contributed by atoms with van der Waals surface area (Å²) in [5.74, 6) is -0.0799. The van der Waals surface area contributed by atoms with Crippen LogP contribution in [-0.4, -0.2) is 38.4 Å². The van der Waals surface area contributed by atoms with E-state index in [1.54, 1.807) is 33.9 Å². The first-order valence-electron chi connectivity index (χ1n) is 8.23. The van der Waals surface area contributed by atoms with Gasteiger partial charge < -0.3 is 9.80 Å². The van der Waals surface area contributed by atoms with Gasteiger partial charge in [0.1, 0.15) is 0 Å². The Morgan fingerprint density at radius 3 is 2.72 bits per heavy atom. The predicted molar refractivity (Wildman–Crippen MR) is 95.0 cm³/mol. The fourth-order valence-corrected chi connectivity index (χ4v) is 3.15. The first kappa shape index (κ1) is 17.0. The molecule has 0 radical (unpaired) electrons. The summed E-state index contributed by atoms with van der Waals surface area (Å²) in [6.45, 7) is 2.02. The van der Waals surface area contributed by atoms with Crippen LogP contribution in [0.4, 0.5) is 0 Å². The highest BCUT2D eigenvalue weighted by Gasteiger charge is 2.29. The third-order valence-electron chi connectivity index (χ3n) is 4.44. The van der Waals surface area contributed by atoms with Gasteiger partial charge in [0.15, 0.2) is 0 Å². The number of hydrogen-bond acceptors (Lipinski definition) is 3. The molecule has 2 heterocycles. The highest BCUT2D eigenvalue weighted by Crippen LogP contribution is 2.33. The number of hydrogen-bond donors (Lipinski definition) is 0. The molecular weight excluding hydrogens is 316 g/mol. The van der Waals surface area contributed by atoms with E-state index in [0.717, 1.165) is 16.7 Å². The van der Waals surface area contributed by atoms with E-state index in [4.69, 9.17) is 0 Å². The van der Waals surface area contributed by atoms with Crippen molar-refractivity contribution < 1.29 is 9.59 Å². The quantitative estimate of drug-likeness (QED) is 0.860. The van der Waals surface area contributed by atoms with Gasteiger partial charge >= 0.3 is 0 Å². The Morgan fingerprint density at radius 1 is 1.28 bits per heavy atom. The molecule has 1 unspecified atom stereocenters. The molecule has 0 fully saturated rings. The summed E-state index contributed by atoms with van der Waals surface area (Å²) in [4.78, 5) is 28.1. The van der Waals surface area contributed by atoms with Crippen molar-refractivity contribution in [3.8, 4) is 0 Å². The van der Waals surface area contributed by atoms with Crippen molar-refractivity contribution in [2.45, 2.75) is 25.9 Å². The number of fused-ring (bicyclic) bond motifs is 1. The Labute approximate surface area is 147 Å². The Morgan fingerprint density at radius 2 is 2.04 bits per heavy atom. The van der Waals surface area contributed by atoms with Crippen LogP contribution < -0.4 is 0 Å². The van der Waals surface area contributed by atoms with Gasteiger partial charge in [-0.15, -0.1) is 0 Å². The first-order valence-corrected chi connectivity index (χ1v) is 8.23. The van der Waals surface area contributed by atoms with Gasteiger partial charge in [0, 0.05) is 45.5 Å². The van der Waals surface area contributed by atoms with Gasteiger partial charge in [0.05, 0.1) is 18.7 Å². The van der Waals surface area contributed by atoms with Crippen molar-refractivity contribution in [1.29, 1.82) is 0 Å². The number of rotatable bonds is 4.